The number of hydrogen-bond acceptors (Lipinski definition) is 0. The quantitative estimate of drug-likeness (QED) is 0.605. The first-order chi connectivity index (χ1) is 6.54. The van der Waals surface area contributed by atoms with Crippen LogP contribution in [0, 0.1) is 18.4 Å². The highest BCUT2D eigenvalue weighted by Crippen LogP contribution is 2.38. The Morgan fingerprint density at radius 1 is 1.29 bits per heavy atom. The number of rotatable bonds is 3. The molecule has 0 aromatic rings. The highest BCUT2D eigenvalue weighted by Gasteiger charge is 2.32. The Morgan fingerprint density at radius 2 is 1.86 bits per heavy atom. The Hall–Kier alpha value is -0.580. The number of hydrogen-bond donors (Lipinski definition) is 0. The fraction of sp³-hybridized carbons (Fsp3) is 0.917. The maximum absolute atomic E-state index is 13.6. The zero-order chi connectivity index (χ0) is 10.6. The van der Waals surface area contributed by atoms with E-state index in [9.17, 15) is 4.39 Å². The van der Waals surface area contributed by atoms with E-state index in [1.807, 2.05) is 0 Å². The van der Waals surface area contributed by atoms with Crippen LogP contribution in [0.25, 0.3) is 4.85 Å². The zero-order valence-corrected chi connectivity index (χ0v) is 9.22. The van der Waals surface area contributed by atoms with Gasteiger partial charge in [-0.3, -0.25) is 0 Å². The average molecular weight is 197 g/mol. The van der Waals surface area contributed by atoms with Crippen molar-refractivity contribution in [1.29, 1.82) is 0 Å². The van der Waals surface area contributed by atoms with Gasteiger partial charge in [0.05, 0.1) is 0 Å². The van der Waals surface area contributed by atoms with Gasteiger partial charge in [-0.1, -0.05) is 0 Å². The van der Waals surface area contributed by atoms with Crippen LogP contribution in [0.2, 0.25) is 0 Å². The van der Waals surface area contributed by atoms with E-state index in [1.54, 1.807) is 13.8 Å². The first kappa shape index (κ1) is 11.5. The molecule has 1 saturated carbocycles. The normalized spacial score (nSPS) is 28.4. The average Bonchev–Trinajstić information content (AvgIpc) is 2.14. The van der Waals surface area contributed by atoms with Crippen LogP contribution in [0.3, 0.4) is 0 Å². The van der Waals surface area contributed by atoms with Gasteiger partial charge in [-0.05, 0) is 51.4 Å². The van der Waals surface area contributed by atoms with Gasteiger partial charge in [0.15, 0.2) is 0 Å². The summed E-state index contributed by atoms with van der Waals surface area (Å²) in [5.41, 5.74) is -1.01. The second-order valence-electron chi connectivity index (χ2n) is 4.95. The molecule has 14 heavy (non-hydrogen) atoms. The van der Waals surface area contributed by atoms with E-state index >= 15 is 0 Å². The van der Waals surface area contributed by atoms with E-state index in [0.717, 1.165) is 32.1 Å². The summed E-state index contributed by atoms with van der Waals surface area (Å²) >= 11 is 0. The molecule has 0 bridgehead atoms. The van der Waals surface area contributed by atoms with E-state index in [-0.39, 0.29) is 5.92 Å². The highest BCUT2D eigenvalue weighted by atomic mass is 19.1. The molecule has 0 spiro atoms. The number of alkyl halides is 1. The topological polar surface area (TPSA) is 4.36 Å². The molecule has 1 rings (SSSR count). The van der Waals surface area contributed by atoms with Gasteiger partial charge in [-0.25, -0.2) is 11.0 Å². The van der Waals surface area contributed by atoms with Crippen LogP contribution >= 0.6 is 0 Å². The van der Waals surface area contributed by atoms with Gasteiger partial charge >= 0.3 is 0 Å². The molecule has 0 heterocycles. The van der Waals surface area contributed by atoms with Crippen molar-refractivity contribution in [2.75, 3.05) is 6.54 Å². The predicted molar refractivity (Wildman–Crippen MR) is 56.7 cm³/mol. The summed E-state index contributed by atoms with van der Waals surface area (Å²) in [6.07, 6.45) is 5.27. The third kappa shape index (κ3) is 3.29. The summed E-state index contributed by atoms with van der Waals surface area (Å²) in [6.45, 7) is 10.8. The molecular formula is C12H20FN. The Bertz CT molecular complexity index is 203. The fourth-order valence-electron chi connectivity index (χ4n) is 2.38. The lowest BCUT2D eigenvalue weighted by atomic mass is 9.75. The molecule has 1 nitrogen and oxygen atoms in total. The van der Waals surface area contributed by atoms with Crippen LogP contribution in [0.4, 0.5) is 4.39 Å². The van der Waals surface area contributed by atoms with Gasteiger partial charge in [0.25, 0.3) is 0 Å². The van der Waals surface area contributed by atoms with Crippen molar-refractivity contribution in [3.63, 3.8) is 0 Å². The first-order valence-electron chi connectivity index (χ1n) is 5.56. The van der Waals surface area contributed by atoms with E-state index < -0.39 is 5.67 Å². The van der Waals surface area contributed by atoms with Gasteiger partial charge in [-0.2, -0.15) is 0 Å². The molecule has 1 aliphatic carbocycles. The Balaban J connectivity index is 2.29. The summed E-state index contributed by atoms with van der Waals surface area (Å²) < 4.78 is 13.6. The molecule has 80 valence electrons. The largest absolute Gasteiger partial charge is 0.317 e. The standard InChI is InChI=1S/C12H20FN/c1-12(2,13)11-6-4-10(5-7-11)8-9-14-3/h10-11H,4-9H2,1-2H3. The number of nitrogens with zero attached hydrogens (tertiary/aromatic N) is 1. The molecule has 0 aromatic heterocycles. The third-order valence-electron chi connectivity index (χ3n) is 3.47. The monoisotopic (exact) mass is 197 g/mol. The van der Waals surface area contributed by atoms with Crippen molar-refractivity contribution >= 4 is 0 Å². The highest BCUT2D eigenvalue weighted by molar-refractivity contribution is 4.83. The van der Waals surface area contributed by atoms with Gasteiger partial charge in [0, 0.05) is 6.42 Å². The SMILES string of the molecule is [C-]#[N+]CCC1CCC(C(C)(C)F)CC1. The minimum Gasteiger partial charge on any atom is -0.317 e. The number of halogens is 1. The van der Waals surface area contributed by atoms with Crippen molar-refractivity contribution < 1.29 is 4.39 Å². The lowest BCUT2D eigenvalue weighted by molar-refractivity contribution is 0.0795. The van der Waals surface area contributed by atoms with E-state index in [1.165, 1.54) is 0 Å². The summed E-state index contributed by atoms with van der Waals surface area (Å²) in [5.74, 6) is 0.925. The maximum Gasteiger partial charge on any atom is 0.214 e. The van der Waals surface area contributed by atoms with Gasteiger partial charge in [0.1, 0.15) is 5.67 Å². The Labute approximate surface area is 86.5 Å². The molecule has 0 radical (unpaired) electrons. The van der Waals surface area contributed by atoms with Gasteiger partial charge in [0.2, 0.25) is 6.54 Å². The van der Waals surface area contributed by atoms with Crippen molar-refractivity contribution in [3.05, 3.63) is 11.4 Å². The molecule has 1 fully saturated rings. The predicted octanol–water partition coefficient (Wildman–Crippen LogP) is 3.85. The van der Waals surface area contributed by atoms with Crippen LogP contribution in [0.15, 0.2) is 0 Å². The minimum absolute atomic E-state index is 0.242. The molecule has 0 aliphatic heterocycles. The minimum atomic E-state index is -1.01. The van der Waals surface area contributed by atoms with Gasteiger partial charge in [-0.15, -0.1) is 0 Å². The Kier molecular flexibility index (Phi) is 3.92. The van der Waals surface area contributed by atoms with Crippen molar-refractivity contribution in [2.45, 2.75) is 51.6 Å². The molecule has 0 N–H and O–H groups in total. The third-order valence-corrected chi connectivity index (χ3v) is 3.47. The van der Waals surface area contributed by atoms with Crippen molar-refractivity contribution in [2.24, 2.45) is 11.8 Å². The molecule has 2 heteroatoms. The van der Waals surface area contributed by atoms with E-state index in [2.05, 4.69) is 4.85 Å². The van der Waals surface area contributed by atoms with Crippen LogP contribution in [-0.4, -0.2) is 12.2 Å². The molecular weight excluding hydrogens is 177 g/mol. The first-order valence-corrected chi connectivity index (χ1v) is 5.56. The molecule has 0 aromatic carbocycles. The second-order valence-corrected chi connectivity index (χ2v) is 4.95. The Morgan fingerprint density at radius 3 is 2.29 bits per heavy atom. The second kappa shape index (κ2) is 4.77. The molecule has 0 amide bonds. The van der Waals surface area contributed by atoms with Crippen LogP contribution in [-0.2, 0) is 0 Å². The smallest absolute Gasteiger partial charge is 0.214 e. The zero-order valence-electron chi connectivity index (χ0n) is 9.22. The van der Waals surface area contributed by atoms with Crippen LogP contribution in [0.1, 0.15) is 46.0 Å². The van der Waals surface area contributed by atoms with Gasteiger partial charge < -0.3 is 4.85 Å². The van der Waals surface area contributed by atoms with E-state index in [0.29, 0.717) is 12.5 Å². The molecule has 0 atom stereocenters. The van der Waals surface area contributed by atoms with Crippen molar-refractivity contribution in [1.82, 2.24) is 0 Å². The lowest BCUT2D eigenvalue weighted by Crippen LogP contribution is -2.30. The summed E-state index contributed by atoms with van der Waals surface area (Å²) in [7, 11) is 0. The van der Waals surface area contributed by atoms with Crippen LogP contribution in [0.5, 0.6) is 0 Å². The maximum atomic E-state index is 13.6. The fourth-order valence-corrected chi connectivity index (χ4v) is 2.38. The lowest BCUT2D eigenvalue weighted by Gasteiger charge is -2.33. The van der Waals surface area contributed by atoms with E-state index in [4.69, 9.17) is 6.57 Å². The molecule has 1 aliphatic rings. The van der Waals surface area contributed by atoms with Crippen LogP contribution < -0.4 is 0 Å². The summed E-state index contributed by atoms with van der Waals surface area (Å²) in [4.78, 5) is 3.37. The van der Waals surface area contributed by atoms with Crippen molar-refractivity contribution in [3.8, 4) is 0 Å². The molecule has 0 saturated heterocycles. The summed E-state index contributed by atoms with van der Waals surface area (Å²) in [5, 5.41) is 0. The molecule has 0 unspecified atom stereocenters. The summed E-state index contributed by atoms with van der Waals surface area (Å²) in [6, 6.07) is 0.